The van der Waals surface area contributed by atoms with Crippen LogP contribution in [0.5, 0.6) is 5.75 Å². The zero-order valence-corrected chi connectivity index (χ0v) is 19.4. The maximum Gasteiger partial charge on any atom is 0.341 e. The second kappa shape index (κ2) is 8.53. The van der Waals surface area contributed by atoms with Crippen LogP contribution in [0.25, 0.3) is 0 Å². The van der Waals surface area contributed by atoms with Crippen LogP contribution in [0.1, 0.15) is 41.6 Å². The van der Waals surface area contributed by atoms with Crippen molar-refractivity contribution in [3.63, 3.8) is 0 Å². The minimum Gasteiger partial charge on any atom is -0.492 e. The number of hydrogen-bond donors (Lipinski definition) is 3. The molecule has 0 amide bonds. The van der Waals surface area contributed by atoms with Gasteiger partial charge in [0.2, 0.25) is 0 Å². The molecule has 3 atom stereocenters. The molecule has 9 heteroatoms. The first-order chi connectivity index (χ1) is 15.9. The number of carboxylic acids is 1. The molecule has 2 heterocycles. The van der Waals surface area contributed by atoms with Gasteiger partial charge in [-0.2, -0.15) is 0 Å². The number of ether oxygens (including phenoxy) is 1. The van der Waals surface area contributed by atoms with Crippen LogP contribution in [-0.2, 0) is 10.0 Å². The molecule has 3 N–H and O–H groups in total. The van der Waals surface area contributed by atoms with Crippen LogP contribution in [0, 0.1) is 11.8 Å². The zero-order valence-electron chi connectivity index (χ0n) is 18.6. The van der Waals surface area contributed by atoms with Gasteiger partial charge in [-0.05, 0) is 61.5 Å². The topological polar surface area (TPSA) is 108 Å². The number of nitrogens with one attached hydrogen (secondary N) is 2. The van der Waals surface area contributed by atoms with Gasteiger partial charge < -0.3 is 20.1 Å². The number of hydrogen-bond acceptors (Lipinski definition) is 6. The van der Waals surface area contributed by atoms with Crippen LogP contribution in [0.2, 0.25) is 0 Å². The van der Waals surface area contributed by atoms with E-state index in [1.54, 1.807) is 24.3 Å². The summed E-state index contributed by atoms with van der Waals surface area (Å²) in [6.07, 6.45) is 2.06. The lowest BCUT2D eigenvalue weighted by molar-refractivity contribution is 0.0692. The Balaban J connectivity index is 1.40. The van der Waals surface area contributed by atoms with Gasteiger partial charge in [0.15, 0.2) is 0 Å². The molecule has 0 unspecified atom stereocenters. The minimum atomic E-state index is -4.03. The molecule has 0 aromatic heterocycles. The van der Waals surface area contributed by atoms with Crippen molar-refractivity contribution in [2.24, 2.45) is 11.8 Å². The van der Waals surface area contributed by atoms with Crippen molar-refractivity contribution in [1.29, 1.82) is 0 Å². The maximum absolute atomic E-state index is 13.3. The number of sulfonamides is 1. The fraction of sp³-hybridized carbons (Fsp3) is 0.458. The number of benzene rings is 2. The molecule has 176 valence electrons. The molecule has 1 saturated carbocycles. The van der Waals surface area contributed by atoms with E-state index in [0.717, 1.165) is 38.0 Å². The normalized spacial score (nSPS) is 23.8. The second-order valence-corrected chi connectivity index (χ2v) is 10.8. The monoisotopic (exact) mass is 471 g/mol. The summed E-state index contributed by atoms with van der Waals surface area (Å²) in [6, 6.07) is 10.0. The van der Waals surface area contributed by atoms with Gasteiger partial charge in [0, 0.05) is 19.0 Å². The number of anilines is 2. The highest BCUT2D eigenvalue weighted by Gasteiger charge is 2.45. The third-order valence-electron chi connectivity index (χ3n) is 6.99. The highest BCUT2D eigenvalue weighted by Crippen LogP contribution is 2.55. The quantitative estimate of drug-likeness (QED) is 0.541. The van der Waals surface area contributed by atoms with E-state index in [1.165, 1.54) is 12.1 Å². The van der Waals surface area contributed by atoms with Gasteiger partial charge in [-0.3, -0.25) is 4.72 Å². The lowest BCUT2D eigenvalue weighted by Crippen LogP contribution is -2.23. The van der Waals surface area contributed by atoms with E-state index >= 15 is 0 Å². The molecule has 0 bridgehead atoms. The minimum absolute atomic E-state index is 0.0181. The summed E-state index contributed by atoms with van der Waals surface area (Å²) < 4.78 is 34.9. The van der Waals surface area contributed by atoms with E-state index in [0.29, 0.717) is 36.6 Å². The van der Waals surface area contributed by atoms with Crippen molar-refractivity contribution < 1.29 is 23.1 Å². The lowest BCUT2D eigenvalue weighted by Gasteiger charge is -2.22. The van der Waals surface area contributed by atoms with Crippen LogP contribution in [-0.4, -0.2) is 57.2 Å². The Morgan fingerprint density at radius 2 is 2.03 bits per heavy atom. The molecular weight excluding hydrogens is 442 g/mol. The first kappa shape index (κ1) is 22.0. The largest absolute Gasteiger partial charge is 0.492 e. The van der Waals surface area contributed by atoms with Gasteiger partial charge in [0.25, 0.3) is 10.0 Å². The first-order valence-electron chi connectivity index (χ1n) is 11.5. The summed E-state index contributed by atoms with van der Waals surface area (Å²) >= 11 is 0. The summed E-state index contributed by atoms with van der Waals surface area (Å²) in [5, 5.41) is 13.2. The van der Waals surface area contributed by atoms with E-state index in [9.17, 15) is 18.3 Å². The van der Waals surface area contributed by atoms with Gasteiger partial charge in [-0.1, -0.05) is 25.1 Å². The van der Waals surface area contributed by atoms with Gasteiger partial charge in [-0.25, -0.2) is 13.2 Å². The van der Waals surface area contributed by atoms with E-state index in [2.05, 4.69) is 21.9 Å². The SMILES string of the molecule is CCN1CC[C@H](CNc2ccccc2S(=O)(=O)Nc2ccc3c(c2C(=O)O)OC[C@H]2C[C@@H]32)C1. The first-order valence-corrected chi connectivity index (χ1v) is 13.0. The van der Waals surface area contributed by atoms with E-state index < -0.39 is 16.0 Å². The average Bonchev–Trinajstić information content (AvgIpc) is 3.46. The van der Waals surface area contributed by atoms with Crippen molar-refractivity contribution in [3.05, 3.63) is 47.5 Å². The predicted molar refractivity (Wildman–Crippen MR) is 126 cm³/mol. The van der Waals surface area contributed by atoms with Crippen molar-refractivity contribution in [3.8, 4) is 5.75 Å². The van der Waals surface area contributed by atoms with E-state index in [4.69, 9.17) is 4.74 Å². The summed E-state index contributed by atoms with van der Waals surface area (Å²) in [4.78, 5) is 14.5. The van der Waals surface area contributed by atoms with Crippen LogP contribution < -0.4 is 14.8 Å². The Morgan fingerprint density at radius 1 is 1.21 bits per heavy atom. The van der Waals surface area contributed by atoms with E-state index in [-0.39, 0.29) is 21.9 Å². The summed E-state index contributed by atoms with van der Waals surface area (Å²) in [5.41, 5.74) is 1.25. The Hall–Kier alpha value is -2.78. The average molecular weight is 472 g/mol. The molecule has 2 aromatic rings. The smallest absolute Gasteiger partial charge is 0.341 e. The van der Waals surface area contributed by atoms with Crippen molar-refractivity contribution in [2.45, 2.75) is 30.6 Å². The molecule has 33 heavy (non-hydrogen) atoms. The Bertz CT molecular complexity index is 1180. The second-order valence-electron chi connectivity index (χ2n) is 9.16. The molecule has 0 radical (unpaired) electrons. The van der Waals surface area contributed by atoms with Crippen LogP contribution in [0.15, 0.2) is 41.3 Å². The Kier molecular flexibility index (Phi) is 5.70. The predicted octanol–water partition coefficient (Wildman–Crippen LogP) is 3.44. The molecule has 1 aliphatic carbocycles. The van der Waals surface area contributed by atoms with Gasteiger partial charge in [0.1, 0.15) is 16.2 Å². The molecule has 2 fully saturated rings. The number of nitrogens with zero attached hydrogens (tertiary/aromatic N) is 1. The summed E-state index contributed by atoms with van der Waals surface area (Å²) in [6.45, 7) is 6.36. The molecule has 1 saturated heterocycles. The number of fused-ring (bicyclic) bond motifs is 3. The van der Waals surface area contributed by atoms with Gasteiger partial charge >= 0.3 is 5.97 Å². The third-order valence-corrected chi connectivity index (χ3v) is 8.41. The Labute approximate surface area is 194 Å². The number of carbonyl (C=O) groups is 1. The molecule has 2 aromatic carbocycles. The molecule has 8 nitrogen and oxygen atoms in total. The maximum atomic E-state index is 13.3. The highest BCUT2D eigenvalue weighted by atomic mass is 32.2. The number of carboxylic acid groups (broad SMARTS) is 1. The summed E-state index contributed by atoms with van der Waals surface area (Å²) in [5.74, 6) is 0.272. The summed E-state index contributed by atoms with van der Waals surface area (Å²) in [7, 11) is -4.03. The number of para-hydroxylation sites is 1. The standard InChI is InChI=1S/C24H29N3O5S/c1-2-27-10-9-15(13-27)12-25-19-5-3-4-6-21(19)33(30,31)26-20-8-7-17-18-11-16(18)14-32-23(17)22(20)24(28)29/h3-8,15-16,18,25-26H,2,9-14H2,1H3,(H,28,29)/t15-,16-,18-/m1/s1. The fourth-order valence-electron chi connectivity index (χ4n) is 5.01. The van der Waals surface area contributed by atoms with E-state index in [1.807, 2.05) is 0 Å². The van der Waals surface area contributed by atoms with Crippen molar-refractivity contribution in [2.75, 3.05) is 42.8 Å². The molecular formula is C24H29N3O5S. The zero-order chi connectivity index (χ0) is 23.2. The molecule has 0 spiro atoms. The highest BCUT2D eigenvalue weighted by molar-refractivity contribution is 7.92. The fourth-order valence-corrected chi connectivity index (χ4v) is 6.27. The van der Waals surface area contributed by atoms with Crippen LogP contribution in [0.3, 0.4) is 0 Å². The van der Waals surface area contributed by atoms with Crippen LogP contribution in [0.4, 0.5) is 11.4 Å². The third kappa shape index (κ3) is 4.27. The number of rotatable bonds is 8. The van der Waals surface area contributed by atoms with Gasteiger partial charge in [-0.15, -0.1) is 0 Å². The number of likely N-dealkylation sites (tertiary alicyclic amines) is 1. The van der Waals surface area contributed by atoms with Crippen molar-refractivity contribution in [1.82, 2.24) is 4.90 Å². The van der Waals surface area contributed by atoms with Crippen molar-refractivity contribution >= 4 is 27.4 Å². The number of aromatic carboxylic acids is 1. The lowest BCUT2D eigenvalue weighted by atomic mass is 10.0. The Morgan fingerprint density at radius 3 is 2.79 bits per heavy atom. The van der Waals surface area contributed by atoms with Crippen LogP contribution >= 0.6 is 0 Å². The molecule has 5 rings (SSSR count). The molecule has 2 aliphatic heterocycles. The molecule has 3 aliphatic rings. The van der Waals surface area contributed by atoms with Gasteiger partial charge in [0.05, 0.1) is 18.0 Å².